The van der Waals surface area contributed by atoms with E-state index in [-0.39, 0.29) is 11.3 Å². The lowest BCUT2D eigenvalue weighted by Gasteiger charge is -2.05. The lowest BCUT2D eigenvalue weighted by Crippen LogP contribution is -2.11. The fourth-order valence-corrected chi connectivity index (χ4v) is 2.62. The summed E-state index contributed by atoms with van der Waals surface area (Å²) in [7, 11) is 0. The first-order valence-electron chi connectivity index (χ1n) is 6.96. The zero-order valence-electron chi connectivity index (χ0n) is 11.9. The summed E-state index contributed by atoms with van der Waals surface area (Å²) in [6.45, 7) is 0. The van der Waals surface area contributed by atoms with Crippen molar-refractivity contribution >= 4 is 22.4 Å². The molecule has 0 radical (unpaired) electrons. The first kappa shape index (κ1) is 13.3. The number of H-pyrrole nitrogens is 1. The molecule has 0 amide bonds. The topological polar surface area (TPSA) is 87.5 Å². The molecule has 0 saturated carbocycles. The number of carbonyl (C=O) groups is 1. The summed E-state index contributed by atoms with van der Waals surface area (Å²) >= 11 is 0. The molecule has 2 aromatic carbocycles. The Hall–Kier alpha value is -3.41. The number of nitrogens with zero attached hydrogens (tertiary/aromatic N) is 2. The largest absolute Gasteiger partial charge is 0.476 e. The highest BCUT2D eigenvalue weighted by atomic mass is 16.4. The second-order valence-corrected chi connectivity index (χ2v) is 5.22. The Labute approximate surface area is 129 Å². The van der Waals surface area contributed by atoms with E-state index in [4.69, 9.17) is 5.11 Å². The Morgan fingerprint density at radius 1 is 1.09 bits per heavy atom. The molecule has 6 nitrogen and oxygen atoms in total. The second kappa shape index (κ2) is 4.81. The maximum Gasteiger partial charge on any atom is 0.356 e. The monoisotopic (exact) mass is 305 g/mol. The van der Waals surface area contributed by atoms with Crippen LogP contribution in [0.1, 0.15) is 10.5 Å². The van der Waals surface area contributed by atoms with Gasteiger partial charge in [-0.05, 0) is 16.8 Å². The molecule has 4 rings (SSSR count). The van der Waals surface area contributed by atoms with Crippen LogP contribution in [0.4, 0.5) is 0 Å². The molecular weight excluding hydrogens is 294 g/mol. The number of hydrogen-bond donors (Lipinski definition) is 2. The molecule has 0 bridgehead atoms. The van der Waals surface area contributed by atoms with Crippen LogP contribution < -0.4 is 5.56 Å². The molecule has 2 heterocycles. The molecule has 112 valence electrons. The normalized spacial score (nSPS) is 11.1. The Kier molecular flexibility index (Phi) is 2.77. The first-order valence-corrected chi connectivity index (χ1v) is 6.96. The summed E-state index contributed by atoms with van der Waals surface area (Å²) in [5, 5.41) is 11.2. The molecule has 0 fully saturated rings. The van der Waals surface area contributed by atoms with Gasteiger partial charge < -0.3 is 10.1 Å². The van der Waals surface area contributed by atoms with Gasteiger partial charge >= 0.3 is 5.97 Å². The minimum Gasteiger partial charge on any atom is -0.476 e. The van der Waals surface area contributed by atoms with Gasteiger partial charge in [0.2, 0.25) is 5.65 Å². The number of aromatic amines is 1. The van der Waals surface area contributed by atoms with Crippen LogP contribution in [-0.2, 0) is 0 Å². The van der Waals surface area contributed by atoms with Gasteiger partial charge in [0.25, 0.3) is 5.56 Å². The lowest BCUT2D eigenvalue weighted by molar-refractivity contribution is 0.0691. The molecule has 0 aliphatic carbocycles. The number of hydrogen-bond acceptors (Lipinski definition) is 3. The van der Waals surface area contributed by atoms with E-state index >= 15 is 0 Å². The molecule has 2 N–H and O–H groups in total. The zero-order valence-corrected chi connectivity index (χ0v) is 11.9. The van der Waals surface area contributed by atoms with Crippen LogP contribution in [-0.4, -0.2) is 25.4 Å². The van der Waals surface area contributed by atoms with Crippen LogP contribution in [0.15, 0.2) is 59.7 Å². The molecular formula is C17H11N3O3. The second-order valence-electron chi connectivity index (χ2n) is 5.22. The van der Waals surface area contributed by atoms with Gasteiger partial charge in [-0.1, -0.05) is 36.4 Å². The minimum atomic E-state index is -1.17. The van der Waals surface area contributed by atoms with Gasteiger partial charge in [0.1, 0.15) is 0 Å². The third kappa shape index (κ3) is 2.17. The van der Waals surface area contributed by atoms with Crippen LogP contribution in [0.5, 0.6) is 0 Å². The van der Waals surface area contributed by atoms with Crippen molar-refractivity contribution < 1.29 is 9.90 Å². The zero-order chi connectivity index (χ0) is 16.0. The number of carboxylic acid groups (broad SMARTS) is 1. The van der Waals surface area contributed by atoms with Crippen molar-refractivity contribution in [1.29, 1.82) is 0 Å². The van der Waals surface area contributed by atoms with Crippen molar-refractivity contribution in [2.45, 2.75) is 0 Å². The summed E-state index contributed by atoms with van der Waals surface area (Å²) in [5.74, 6) is -1.17. The van der Waals surface area contributed by atoms with E-state index in [0.29, 0.717) is 5.69 Å². The van der Waals surface area contributed by atoms with E-state index in [1.54, 1.807) is 6.20 Å². The number of benzene rings is 2. The van der Waals surface area contributed by atoms with Crippen molar-refractivity contribution in [1.82, 2.24) is 14.4 Å². The van der Waals surface area contributed by atoms with E-state index in [1.807, 2.05) is 42.5 Å². The first-order chi connectivity index (χ1) is 11.1. The number of aromatic carboxylic acids is 1. The van der Waals surface area contributed by atoms with Crippen LogP contribution in [0, 0.1) is 0 Å². The smallest absolute Gasteiger partial charge is 0.356 e. The number of carboxylic acids is 1. The van der Waals surface area contributed by atoms with Gasteiger partial charge in [-0.25, -0.2) is 9.78 Å². The van der Waals surface area contributed by atoms with Crippen molar-refractivity contribution in [3.8, 4) is 11.3 Å². The van der Waals surface area contributed by atoms with Crippen LogP contribution >= 0.6 is 0 Å². The number of fused-ring (bicyclic) bond motifs is 2. The fraction of sp³-hybridized carbons (Fsp3) is 0. The van der Waals surface area contributed by atoms with Crippen molar-refractivity contribution in [3.05, 3.63) is 70.9 Å². The van der Waals surface area contributed by atoms with E-state index in [2.05, 4.69) is 9.97 Å². The van der Waals surface area contributed by atoms with Crippen LogP contribution in [0.25, 0.3) is 27.7 Å². The SMILES string of the molecule is O=C(O)c1cn2cc(-c3ccc4ccccc4c3)[nH]c(=O)c2n1. The summed E-state index contributed by atoms with van der Waals surface area (Å²) in [6, 6.07) is 13.8. The van der Waals surface area contributed by atoms with Gasteiger partial charge in [0.05, 0.1) is 5.69 Å². The minimum absolute atomic E-state index is 0.0620. The molecule has 6 heteroatoms. The molecule has 0 spiro atoms. The number of imidazole rings is 1. The number of aromatic nitrogens is 3. The number of nitrogens with one attached hydrogen (secondary N) is 1. The fourth-order valence-electron chi connectivity index (χ4n) is 2.62. The highest BCUT2D eigenvalue weighted by Gasteiger charge is 2.12. The van der Waals surface area contributed by atoms with Crippen molar-refractivity contribution in [2.24, 2.45) is 0 Å². The van der Waals surface area contributed by atoms with E-state index < -0.39 is 11.5 Å². The van der Waals surface area contributed by atoms with Gasteiger partial charge in [-0.2, -0.15) is 0 Å². The maximum atomic E-state index is 12.1. The van der Waals surface area contributed by atoms with E-state index in [0.717, 1.165) is 16.3 Å². The Balaban J connectivity index is 1.93. The average molecular weight is 305 g/mol. The van der Waals surface area contributed by atoms with Crippen LogP contribution in [0.3, 0.4) is 0 Å². The average Bonchev–Trinajstić information content (AvgIpc) is 2.99. The van der Waals surface area contributed by atoms with E-state index in [1.165, 1.54) is 10.6 Å². The highest BCUT2D eigenvalue weighted by molar-refractivity contribution is 5.87. The molecule has 2 aromatic heterocycles. The lowest BCUT2D eigenvalue weighted by atomic mass is 10.1. The highest BCUT2D eigenvalue weighted by Crippen LogP contribution is 2.22. The molecule has 4 aromatic rings. The predicted octanol–water partition coefficient (Wildman–Crippen LogP) is 2.54. The predicted molar refractivity (Wildman–Crippen MR) is 85.7 cm³/mol. The number of rotatable bonds is 2. The summed E-state index contributed by atoms with van der Waals surface area (Å²) in [5.41, 5.74) is 0.914. The van der Waals surface area contributed by atoms with E-state index in [9.17, 15) is 9.59 Å². The molecule has 0 atom stereocenters. The standard InChI is InChI=1S/C17H11N3O3/c21-16-15-18-14(17(22)23)9-20(15)8-13(19-16)12-6-5-10-3-1-2-4-11(10)7-12/h1-9H,(H,19,21)(H,22,23). The summed E-state index contributed by atoms with van der Waals surface area (Å²) in [6.07, 6.45) is 3.00. The van der Waals surface area contributed by atoms with Crippen molar-refractivity contribution in [3.63, 3.8) is 0 Å². The molecule has 0 saturated heterocycles. The Morgan fingerprint density at radius 3 is 2.65 bits per heavy atom. The molecule has 0 unspecified atom stereocenters. The molecule has 0 aliphatic rings. The molecule has 0 aliphatic heterocycles. The van der Waals surface area contributed by atoms with Crippen molar-refractivity contribution in [2.75, 3.05) is 0 Å². The quantitative estimate of drug-likeness (QED) is 0.596. The summed E-state index contributed by atoms with van der Waals surface area (Å²) in [4.78, 5) is 29.7. The Bertz CT molecular complexity index is 1120. The van der Waals surface area contributed by atoms with Gasteiger partial charge in [0.15, 0.2) is 5.69 Å². The third-order valence-corrected chi connectivity index (χ3v) is 3.73. The Morgan fingerprint density at radius 2 is 1.87 bits per heavy atom. The van der Waals surface area contributed by atoms with Gasteiger partial charge in [-0.15, -0.1) is 0 Å². The summed E-state index contributed by atoms with van der Waals surface area (Å²) < 4.78 is 1.44. The molecule has 23 heavy (non-hydrogen) atoms. The van der Waals surface area contributed by atoms with Gasteiger partial charge in [0, 0.05) is 18.0 Å². The maximum absolute atomic E-state index is 12.1. The third-order valence-electron chi connectivity index (χ3n) is 3.73. The van der Waals surface area contributed by atoms with Crippen LogP contribution in [0.2, 0.25) is 0 Å². The van der Waals surface area contributed by atoms with Gasteiger partial charge in [-0.3, -0.25) is 9.20 Å².